The molecule has 0 spiro atoms. The van der Waals surface area contributed by atoms with Crippen molar-refractivity contribution in [3.8, 4) is 5.75 Å². The number of benzene rings is 1. The first-order valence-electron chi connectivity index (χ1n) is 6.51. The number of likely N-dealkylation sites (N-methyl/N-ethyl adjacent to an activating group) is 1. The zero-order valence-electron chi connectivity index (χ0n) is 12.0. The fourth-order valence-electron chi connectivity index (χ4n) is 2.29. The van der Waals surface area contributed by atoms with E-state index < -0.39 is 0 Å². The number of ether oxygens (including phenoxy) is 1. The van der Waals surface area contributed by atoms with Gasteiger partial charge in [-0.05, 0) is 57.7 Å². The van der Waals surface area contributed by atoms with Crippen molar-refractivity contribution in [3.63, 3.8) is 0 Å². The topological polar surface area (TPSA) is 38.5 Å². The lowest BCUT2D eigenvalue weighted by atomic mass is 10.0. The number of rotatable bonds is 6. The molecule has 1 aromatic carbocycles. The van der Waals surface area contributed by atoms with Crippen molar-refractivity contribution in [2.75, 3.05) is 20.7 Å². The van der Waals surface area contributed by atoms with E-state index in [1.54, 1.807) is 18.4 Å². The molecule has 1 heterocycles. The summed E-state index contributed by atoms with van der Waals surface area (Å²) in [6.45, 7) is 1.37. The van der Waals surface area contributed by atoms with Gasteiger partial charge in [0.05, 0.1) is 15.9 Å². The Morgan fingerprint density at radius 1 is 1.43 bits per heavy atom. The molecule has 114 valence electrons. The van der Waals surface area contributed by atoms with E-state index in [0.29, 0.717) is 17.3 Å². The van der Waals surface area contributed by atoms with Crippen LogP contribution in [0.4, 0.5) is 0 Å². The first-order chi connectivity index (χ1) is 10.0. The fraction of sp³-hybridized carbons (Fsp3) is 0.333. The molecule has 0 aliphatic carbocycles. The molecule has 0 bridgehead atoms. The lowest BCUT2D eigenvalue weighted by molar-refractivity contribution is 0.242. The van der Waals surface area contributed by atoms with Gasteiger partial charge in [-0.25, -0.2) is 0 Å². The number of nitrogens with two attached hydrogens (primary N) is 1. The Kier molecular flexibility index (Phi) is 6.08. The lowest BCUT2D eigenvalue weighted by Gasteiger charge is -2.27. The molecule has 2 rings (SSSR count). The zero-order valence-corrected chi connectivity index (χ0v) is 15.1. The van der Waals surface area contributed by atoms with Crippen LogP contribution in [0.2, 0.25) is 5.02 Å². The summed E-state index contributed by atoms with van der Waals surface area (Å²) in [6, 6.07) is 8.08. The molecule has 1 atom stereocenters. The first-order valence-corrected chi connectivity index (χ1v) is 8.57. The number of hydrogen-bond donors (Lipinski definition) is 1. The van der Waals surface area contributed by atoms with Gasteiger partial charge >= 0.3 is 0 Å². The minimum absolute atomic E-state index is 0.118. The van der Waals surface area contributed by atoms with E-state index >= 15 is 0 Å². The largest absolute Gasteiger partial charge is 0.495 e. The maximum Gasteiger partial charge on any atom is 0.137 e. The SMILES string of the molecule is COc1ccc(C(CN)N(C)Cc2csc(Br)c2)cc1Cl. The lowest BCUT2D eigenvalue weighted by Crippen LogP contribution is -2.30. The van der Waals surface area contributed by atoms with Crippen molar-refractivity contribution in [3.05, 3.63) is 49.6 Å². The molecule has 2 aromatic rings. The Morgan fingerprint density at radius 3 is 2.71 bits per heavy atom. The second-order valence-electron chi connectivity index (χ2n) is 4.82. The Bertz CT molecular complexity index is 605. The van der Waals surface area contributed by atoms with Crippen LogP contribution in [-0.2, 0) is 6.54 Å². The average Bonchev–Trinajstić information content (AvgIpc) is 2.85. The van der Waals surface area contributed by atoms with Gasteiger partial charge in [0.25, 0.3) is 0 Å². The molecule has 3 nitrogen and oxygen atoms in total. The predicted octanol–water partition coefficient (Wildman–Crippen LogP) is 4.30. The van der Waals surface area contributed by atoms with Crippen molar-refractivity contribution < 1.29 is 4.74 Å². The Labute approximate surface area is 142 Å². The van der Waals surface area contributed by atoms with E-state index in [1.807, 2.05) is 18.2 Å². The fourth-order valence-corrected chi connectivity index (χ4v) is 3.75. The van der Waals surface area contributed by atoms with Gasteiger partial charge in [-0.15, -0.1) is 11.3 Å². The molecular weight excluding hydrogens is 372 g/mol. The van der Waals surface area contributed by atoms with Crippen molar-refractivity contribution in [1.29, 1.82) is 0 Å². The molecule has 0 fully saturated rings. The van der Waals surface area contributed by atoms with E-state index in [4.69, 9.17) is 22.1 Å². The molecule has 0 radical (unpaired) electrons. The van der Waals surface area contributed by atoms with E-state index in [9.17, 15) is 0 Å². The monoisotopic (exact) mass is 388 g/mol. The summed E-state index contributed by atoms with van der Waals surface area (Å²) in [5.41, 5.74) is 8.33. The van der Waals surface area contributed by atoms with Crippen LogP contribution < -0.4 is 10.5 Å². The Balaban J connectivity index is 2.16. The second kappa shape index (κ2) is 7.61. The number of thiophene rings is 1. The van der Waals surface area contributed by atoms with Crippen LogP contribution in [0.15, 0.2) is 33.4 Å². The highest BCUT2D eigenvalue weighted by Gasteiger charge is 2.17. The molecular formula is C15H18BrClN2OS. The molecule has 1 aromatic heterocycles. The van der Waals surface area contributed by atoms with Gasteiger partial charge in [-0.3, -0.25) is 4.90 Å². The van der Waals surface area contributed by atoms with Crippen LogP contribution in [0.3, 0.4) is 0 Å². The molecule has 21 heavy (non-hydrogen) atoms. The van der Waals surface area contributed by atoms with Gasteiger partial charge in [0.1, 0.15) is 5.75 Å². The average molecular weight is 390 g/mol. The highest BCUT2D eigenvalue weighted by Crippen LogP contribution is 2.30. The molecule has 0 aliphatic rings. The highest BCUT2D eigenvalue weighted by atomic mass is 79.9. The van der Waals surface area contributed by atoms with Crippen LogP contribution in [0.1, 0.15) is 17.2 Å². The van der Waals surface area contributed by atoms with Crippen molar-refractivity contribution in [2.24, 2.45) is 5.73 Å². The van der Waals surface area contributed by atoms with Crippen LogP contribution in [0.25, 0.3) is 0 Å². The Hall–Kier alpha value is -0.590. The molecule has 0 saturated heterocycles. The maximum absolute atomic E-state index is 6.21. The van der Waals surface area contributed by atoms with Gasteiger partial charge < -0.3 is 10.5 Å². The normalized spacial score (nSPS) is 12.7. The summed E-state index contributed by atoms with van der Waals surface area (Å²) in [5.74, 6) is 0.681. The smallest absolute Gasteiger partial charge is 0.137 e. The Morgan fingerprint density at radius 2 is 2.19 bits per heavy atom. The van der Waals surface area contributed by atoms with Crippen LogP contribution in [-0.4, -0.2) is 25.6 Å². The van der Waals surface area contributed by atoms with E-state index in [1.165, 1.54) is 5.56 Å². The third kappa shape index (κ3) is 4.20. The molecule has 0 aliphatic heterocycles. The van der Waals surface area contributed by atoms with Gasteiger partial charge in [0.2, 0.25) is 0 Å². The van der Waals surface area contributed by atoms with Gasteiger partial charge in [0.15, 0.2) is 0 Å². The molecule has 0 saturated carbocycles. The first kappa shape index (κ1) is 16.8. The minimum Gasteiger partial charge on any atom is -0.495 e. The summed E-state index contributed by atoms with van der Waals surface area (Å²) >= 11 is 11.4. The van der Waals surface area contributed by atoms with Crippen molar-refractivity contribution in [1.82, 2.24) is 4.90 Å². The second-order valence-corrected chi connectivity index (χ2v) is 7.52. The number of nitrogens with zero attached hydrogens (tertiary/aromatic N) is 1. The summed E-state index contributed by atoms with van der Waals surface area (Å²) in [4.78, 5) is 2.23. The standard InChI is InChI=1S/C15H18BrClN2OS/c1-19(8-10-5-15(16)21-9-10)13(7-18)11-3-4-14(20-2)12(17)6-11/h3-6,9,13H,7-8,18H2,1-2H3. The summed E-state index contributed by atoms with van der Waals surface area (Å²) < 4.78 is 6.33. The van der Waals surface area contributed by atoms with Gasteiger partial charge in [-0.1, -0.05) is 17.7 Å². The van der Waals surface area contributed by atoms with Crippen LogP contribution in [0.5, 0.6) is 5.75 Å². The summed E-state index contributed by atoms with van der Waals surface area (Å²) in [5, 5.41) is 2.76. The van der Waals surface area contributed by atoms with E-state index in [0.717, 1.165) is 15.9 Å². The molecule has 2 N–H and O–H groups in total. The summed E-state index contributed by atoms with van der Waals surface area (Å²) in [6.07, 6.45) is 0. The van der Waals surface area contributed by atoms with E-state index in [-0.39, 0.29) is 6.04 Å². The third-order valence-electron chi connectivity index (χ3n) is 3.37. The van der Waals surface area contributed by atoms with Crippen molar-refractivity contribution in [2.45, 2.75) is 12.6 Å². The van der Waals surface area contributed by atoms with E-state index in [2.05, 4.69) is 39.3 Å². The summed E-state index contributed by atoms with van der Waals surface area (Å²) in [7, 11) is 3.68. The highest BCUT2D eigenvalue weighted by molar-refractivity contribution is 9.11. The van der Waals surface area contributed by atoms with Crippen LogP contribution in [0, 0.1) is 0 Å². The van der Waals surface area contributed by atoms with Gasteiger partial charge in [-0.2, -0.15) is 0 Å². The van der Waals surface area contributed by atoms with Crippen molar-refractivity contribution >= 4 is 38.9 Å². The number of halogens is 2. The predicted molar refractivity (Wildman–Crippen MR) is 93.3 cm³/mol. The maximum atomic E-state index is 6.21. The molecule has 0 amide bonds. The molecule has 6 heteroatoms. The quantitative estimate of drug-likeness (QED) is 0.800. The number of hydrogen-bond acceptors (Lipinski definition) is 4. The number of methoxy groups -OCH3 is 1. The van der Waals surface area contributed by atoms with Crippen LogP contribution >= 0.6 is 38.9 Å². The molecule has 1 unspecified atom stereocenters. The minimum atomic E-state index is 0.118. The van der Waals surface area contributed by atoms with Gasteiger partial charge in [0, 0.05) is 19.1 Å². The third-order valence-corrected chi connectivity index (χ3v) is 5.22. The zero-order chi connectivity index (χ0) is 15.4.